The van der Waals surface area contributed by atoms with Crippen LogP contribution in [0.5, 0.6) is 0 Å². The summed E-state index contributed by atoms with van der Waals surface area (Å²) < 4.78 is 2.20. The van der Waals surface area contributed by atoms with Crippen molar-refractivity contribution in [2.75, 3.05) is 11.9 Å². The first kappa shape index (κ1) is 13.2. The van der Waals surface area contributed by atoms with Crippen LogP contribution in [-0.2, 0) is 6.42 Å². The second-order valence-electron chi connectivity index (χ2n) is 5.81. The molecular formula is C17H23N3. The maximum atomic E-state index is 4.84. The number of hydrogen-bond acceptors (Lipinski definition) is 2. The van der Waals surface area contributed by atoms with Crippen LogP contribution in [-0.4, -0.2) is 16.3 Å². The fourth-order valence-electron chi connectivity index (χ4n) is 3.27. The number of nitrogens with one attached hydrogen (secondary N) is 1. The molecule has 1 aliphatic heterocycles. The normalized spacial score (nSPS) is 17.7. The Hall–Kier alpha value is -1.77. The molecule has 20 heavy (non-hydrogen) atoms. The summed E-state index contributed by atoms with van der Waals surface area (Å²) in [4.78, 5) is 0. The van der Waals surface area contributed by atoms with Gasteiger partial charge in [0, 0.05) is 12.1 Å². The lowest BCUT2D eigenvalue weighted by Gasteiger charge is -2.27. The lowest BCUT2D eigenvalue weighted by atomic mass is 9.96. The molecule has 0 saturated heterocycles. The lowest BCUT2D eigenvalue weighted by Crippen LogP contribution is -2.25. The number of anilines is 1. The van der Waals surface area contributed by atoms with Crippen LogP contribution in [0.2, 0.25) is 0 Å². The molecule has 3 nitrogen and oxygen atoms in total. The monoisotopic (exact) mass is 269 g/mol. The Balaban J connectivity index is 2.09. The predicted molar refractivity (Wildman–Crippen MR) is 83.5 cm³/mol. The third-order valence-electron chi connectivity index (χ3n) is 4.37. The molecule has 1 aromatic carbocycles. The van der Waals surface area contributed by atoms with E-state index in [2.05, 4.69) is 55.9 Å². The SMILES string of the molecule is CCc1nn2c(c1C)NCCC2c1ccc(C)cc1C. The van der Waals surface area contributed by atoms with Gasteiger partial charge in [0.2, 0.25) is 0 Å². The van der Waals surface area contributed by atoms with Crippen molar-refractivity contribution in [2.45, 2.75) is 46.6 Å². The van der Waals surface area contributed by atoms with Crippen LogP contribution in [0, 0.1) is 20.8 Å². The molecule has 2 aromatic rings. The summed E-state index contributed by atoms with van der Waals surface area (Å²) in [5.41, 5.74) is 6.62. The van der Waals surface area contributed by atoms with Crippen molar-refractivity contribution in [1.82, 2.24) is 9.78 Å². The first-order valence-electron chi connectivity index (χ1n) is 7.50. The van der Waals surface area contributed by atoms with E-state index in [1.807, 2.05) is 0 Å². The number of aryl methyl sites for hydroxylation is 3. The first-order chi connectivity index (χ1) is 9.61. The molecule has 1 aliphatic rings. The number of fused-ring (bicyclic) bond motifs is 1. The molecule has 0 bridgehead atoms. The second-order valence-corrected chi connectivity index (χ2v) is 5.81. The molecule has 0 aliphatic carbocycles. The lowest BCUT2D eigenvalue weighted by molar-refractivity contribution is 0.476. The van der Waals surface area contributed by atoms with Gasteiger partial charge in [-0.05, 0) is 44.7 Å². The van der Waals surface area contributed by atoms with Crippen molar-refractivity contribution in [3.8, 4) is 0 Å². The average molecular weight is 269 g/mol. The molecule has 1 unspecified atom stereocenters. The van der Waals surface area contributed by atoms with Crippen LogP contribution in [0.4, 0.5) is 5.82 Å². The maximum absolute atomic E-state index is 4.84. The zero-order valence-electron chi connectivity index (χ0n) is 12.8. The molecule has 0 amide bonds. The topological polar surface area (TPSA) is 29.9 Å². The fraction of sp³-hybridized carbons (Fsp3) is 0.471. The van der Waals surface area contributed by atoms with Crippen LogP contribution in [0.25, 0.3) is 0 Å². The summed E-state index contributed by atoms with van der Waals surface area (Å²) in [7, 11) is 0. The van der Waals surface area contributed by atoms with Crippen LogP contribution < -0.4 is 5.32 Å². The van der Waals surface area contributed by atoms with E-state index in [-0.39, 0.29) is 0 Å². The molecule has 0 radical (unpaired) electrons. The molecular weight excluding hydrogens is 246 g/mol. The zero-order valence-corrected chi connectivity index (χ0v) is 12.8. The van der Waals surface area contributed by atoms with Gasteiger partial charge in [0.25, 0.3) is 0 Å². The van der Waals surface area contributed by atoms with Gasteiger partial charge < -0.3 is 5.32 Å². The minimum absolute atomic E-state index is 0.367. The Morgan fingerprint density at radius 1 is 1.30 bits per heavy atom. The third-order valence-corrected chi connectivity index (χ3v) is 4.37. The molecule has 1 atom stereocenters. The van der Waals surface area contributed by atoms with Gasteiger partial charge in [-0.25, -0.2) is 4.68 Å². The van der Waals surface area contributed by atoms with E-state index in [0.717, 1.165) is 19.4 Å². The minimum atomic E-state index is 0.367. The first-order valence-corrected chi connectivity index (χ1v) is 7.50. The Bertz CT molecular complexity index is 640. The van der Waals surface area contributed by atoms with Gasteiger partial charge >= 0.3 is 0 Å². The number of aromatic nitrogens is 2. The standard InChI is InChI=1S/C17H23N3/c1-5-15-13(4)17-18-9-8-16(20(17)19-15)14-7-6-11(2)10-12(14)3/h6-7,10,16,18H,5,8-9H2,1-4H3. The molecule has 0 saturated carbocycles. The summed E-state index contributed by atoms with van der Waals surface area (Å²) in [6.07, 6.45) is 2.09. The molecule has 1 N–H and O–H groups in total. The van der Waals surface area contributed by atoms with E-state index >= 15 is 0 Å². The highest BCUT2D eigenvalue weighted by Gasteiger charge is 2.26. The summed E-state index contributed by atoms with van der Waals surface area (Å²) >= 11 is 0. The summed E-state index contributed by atoms with van der Waals surface area (Å²) in [5, 5.41) is 8.36. The highest BCUT2D eigenvalue weighted by atomic mass is 15.4. The number of rotatable bonds is 2. The number of benzene rings is 1. The van der Waals surface area contributed by atoms with Crippen LogP contribution in [0.1, 0.15) is 47.3 Å². The van der Waals surface area contributed by atoms with Crippen molar-refractivity contribution < 1.29 is 0 Å². The van der Waals surface area contributed by atoms with Gasteiger partial charge in [-0.15, -0.1) is 0 Å². The Labute approximate surface area is 121 Å². The van der Waals surface area contributed by atoms with E-state index in [1.165, 1.54) is 33.8 Å². The van der Waals surface area contributed by atoms with Gasteiger partial charge in [0.15, 0.2) is 0 Å². The van der Waals surface area contributed by atoms with Crippen molar-refractivity contribution in [2.24, 2.45) is 0 Å². The molecule has 0 spiro atoms. The van der Waals surface area contributed by atoms with Gasteiger partial charge in [0.05, 0.1) is 11.7 Å². The molecule has 0 fully saturated rings. The molecule has 2 heterocycles. The van der Waals surface area contributed by atoms with Crippen molar-refractivity contribution >= 4 is 5.82 Å². The van der Waals surface area contributed by atoms with Crippen LogP contribution in [0.15, 0.2) is 18.2 Å². The highest BCUT2D eigenvalue weighted by Crippen LogP contribution is 2.34. The van der Waals surface area contributed by atoms with Crippen LogP contribution in [0.3, 0.4) is 0 Å². The van der Waals surface area contributed by atoms with E-state index in [4.69, 9.17) is 5.10 Å². The number of hydrogen-bond donors (Lipinski definition) is 1. The molecule has 3 rings (SSSR count). The van der Waals surface area contributed by atoms with Crippen molar-refractivity contribution in [1.29, 1.82) is 0 Å². The predicted octanol–water partition coefficient (Wildman–Crippen LogP) is 3.78. The van der Waals surface area contributed by atoms with Gasteiger partial charge in [0.1, 0.15) is 5.82 Å². The zero-order chi connectivity index (χ0) is 14.3. The maximum Gasteiger partial charge on any atom is 0.128 e. The van der Waals surface area contributed by atoms with E-state index < -0.39 is 0 Å². The average Bonchev–Trinajstić information content (AvgIpc) is 2.76. The largest absolute Gasteiger partial charge is 0.370 e. The van der Waals surface area contributed by atoms with Gasteiger partial charge in [-0.2, -0.15) is 5.10 Å². The summed E-state index contributed by atoms with van der Waals surface area (Å²) in [6, 6.07) is 7.12. The number of nitrogens with zero attached hydrogens (tertiary/aromatic N) is 2. The minimum Gasteiger partial charge on any atom is -0.370 e. The van der Waals surface area contributed by atoms with E-state index in [0.29, 0.717) is 6.04 Å². The second kappa shape index (κ2) is 4.97. The fourth-order valence-corrected chi connectivity index (χ4v) is 3.27. The Morgan fingerprint density at radius 2 is 2.10 bits per heavy atom. The van der Waals surface area contributed by atoms with Crippen LogP contribution >= 0.6 is 0 Å². The van der Waals surface area contributed by atoms with E-state index in [1.54, 1.807) is 0 Å². The smallest absolute Gasteiger partial charge is 0.128 e. The van der Waals surface area contributed by atoms with Gasteiger partial charge in [-0.3, -0.25) is 0 Å². The summed E-state index contributed by atoms with van der Waals surface area (Å²) in [5.74, 6) is 1.21. The molecule has 3 heteroatoms. The molecule has 106 valence electrons. The summed E-state index contributed by atoms with van der Waals surface area (Å²) in [6.45, 7) is 9.73. The highest BCUT2D eigenvalue weighted by molar-refractivity contribution is 5.50. The molecule has 1 aromatic heterocycles. The van der Waals surface area contributed by atoms with Gasteiger partial charge in [-0.1, -0.05) is 30.7 Å². The van der Waals surface area contributed by atoms with Crippen molar-refractivity contribution in [3.63, 3.8) is 0 Å². The quantitative estimate of drug-likeness (QED) is 0.899. The van der Waals surface area contributed by atoms with Crippen molar-refractivity contribution in [3.05, 3.63) is 46.1 Å². The third kappa shape index (κ3) is 2.01. The Kier molecular flexibility index (Phi) is 3.28. The Morgan fingerprint density at radius 3 is 2.80 bits per heavy atom. The van der Waals surface area contributed by atoms with E-state index in [9.17, 15) is 0 Å².